The molecule has 0 aliphatic heterocycles. The summed E-state index contributed by atoms with van der Waals surface area (Å²) >= 11 is 6.25. The van der Waals surface area contributed by atoms with Crippen molar-refractivity contribution in [2.45, 2.75) is 6.92 Å². The van der Waals surface area contributed by atoms with Gasteiger partial charge in [0.1, 0.15) is 0 Å². The van der Waals surface area contributed by atoms with Crippen LogP contribution in [0.3, 0.4) is 0 Å². The smallest absolute Gasteiger partial charge is 0.197 e. The van der Waals surface area contributed by atoms with E-state index in [1.807, 2.05) is 42.5 Å². The van der Waals surface area contributed by atoms with Crippen LogP contribution in [0.4, 0.5) is 0 Å². The molecular formula is C16H11ClN2O. The summed E-state index contributed by atoms with van der Waals surface area (Å²) in [6, 6.07) is 15.0. The maximum atomic E-state index is 11.6. The Morgan fingerprint density at radius 3 is 2.45 bits per heavy atom. The number of aromatic nitrogens is 2. The van der Waals surface area contributed by atoms with Gasteiger partial charge < -0.3 is 0 Å². The number of rotatable bonds is 2. The lowest BCUT2D eigenvalue weighted by atomic mass is 10.1. The van der Waals surface area contributed by atoms with Crippen LogP contribution in [0, 0.1) is 0 Å². The molecule has 3 rings (SSSR count). The first kappa shape index (κ1) is 12.8. The molecule has 1 heterocycles. The van der Waals surface area contributed by atoms with Crippen LogP contribution in [0.25, 0.3) is 22.2 Å². The number of para-hydroxylation sites is 1. The van der Waals surface area contributed by atoms with Crippen LogP contribution in [0.15, 0.2) is 48.5 Å². The molecule has 98 valence electrons. The summed E-state index contributed by atoms with van der Waals surface area (Å²) in [5, 5.41) is 1.48. The van der Waals surface area contributed by atoms with Crippen molar-refractivity contribution in [2.75, 3.05) is 0 Å². The summed E-state index contributed by atoms with van der Waals surface area (Å²) in [5.41, 5.74) is 2.23. The van der Waals surface area contributed by atoms with E-state index in [9.17, 15) is 4.79 Å². The highest BCUT2D eigenvalue weighted by Crippen LogP contribution is 2.31. The molecule has 0 spiro atoms. The van der Waals surface area contributed by atoms with Crippen LogP contribution in [0.2, 0.25) is 5.02 Å². The van der Waals surface area contributed by atoms with Gasteiger partial charge in [-0.3, -0.25) is 4.79 Å². The van der Waals surface area contributed by atoms with Gasteiger partial charge in [-0.2, -0.15) is 0 Å². The Labute approximate surface area is 121 Å². The fourth-order valence-corrected chi connectivity index (χ4v) is 2.32. The summed E-state index contributed by atoms with van der Waals surface area (Å²) in [5.74, 6) is 0.0441. The predicted octanol–water partition coefficient (Wildman–Crippen LogP) is 4.15. The molecular weight excluding hydrogens is 272 g/mol. The topological polar surface area (TPSA) is 42.9 Å². The first-order valence-electron chi connectivity index (χ1n) is 6.19. The summed E-state index contributed by atoms with van der Waals surface area (Å²) < 4.78 is 0. The summed E-state index contributed by atoms with van der Waals surface area (Å²) in [7, 11) is 0. The summed E-state index contributed by atoms with van der Waals surface area (Å²) in [6.45, 7) is 1.46. The second-order valence-corrected chi connectivity index (χ2v) is 4.86. The maximum absolute atomic E-state index is 11.6. The number of nitrogens with zero attached hydrogens (tertiary/aromatic N) is 2. The lowest BCUT2D eigenvalue weighted by Crippen LogP contribution is -2.03. The summed E-state index contributed by atoms with van der Waals surface area (Å²) in [4.78, 5) is 20.3. The molecule has 4 heteroatoms. The highest BCUT2D eigenvalue weighted by Gasteiger charge is 2.13. The number of benzene rings is 2. The van der Waals surface area contributed by atoms with Gasteiger partial charge in [0.15, 0.2) is 11.6 Å². The molecule has 0 aliphatic carbocycles. The summed E-state index contributed by atoms with van der Waals surface area (Å²) in [6.07, 6.45) is 0. The Bertz CT molecular complexity index is 814. The van der Waals surface area contributed by atoms with E-state index in [1.165, 1.54) is 6.92 Å². The second kappa shape index (κ2) is 5.02. The Morgan fingerprint density at radius 2 is 1.70 bits per heavy atom. The molecule has 3 nitrogen and oxygen atoms in total. The van der Waals surface area contributed by atoms with Gasteiger partial charge >= 0.3 is 0 Å². The van der Waals surface area contributed by atoms with Crippen molar-refractivity contribution in [1.82, 2.24) is 9.97 Å². The van der Waals surface area contributed by atoms with Gasteiger partial charge in [0.25, 0.3) is 0 Å². The van der Waals surface area contributed by atoms with Crippen LogP contribution < -0.4 is 0 Å². The van der Waals surface area contributed by atoms with Crippen LogP contribution >= 0.6 is 11.6 Å². The zero-order valence-electron chi connectivity index (χ0n) is 10.8. The quantitative estimate of drug-likeness (QED) is 0.663. The van der Waals surface area contributed by atoms with Gasteiger partial charge in [0.2, 0.25) is 0 Å². The minimum absolute atomic E-state index is 0.163. The van der Waals surface area contributed by atoms with E-state index in [4.69, 9.17) is 11.6 Å². The highest BCUT2D eigenvalue weighted by molar-refractivity contribution is 6.33. The lowest BCUT2D eigenvalue weighted by Gasteiger charge is -2.08. The average molecular weight is 283 g/mol. The number of hydrogen-bond acceptors (Lipinski definition) is 3. The molecule has 1 aromatic heterocycles. The van der Waals surface area contributed by atoms with E-state index in [0.717, 1.165) is 16.5 Å². The minimum Gasteiger partial charge on any atom is -0.291 e. The number of ketones is 1. The molecule has 0 radical (unpaired) electrons. The molecule has 20 heavy (non-hydrogen) atoms. The maximum Gasteiger partial charge on any atom is 0.197 e. The van der Waals surface area contributed by atoms with Gasteiger partial charge in [-0.05, 0) is 12.1 Å². The monoisotopic (exact) mass is 282 g/mol. The molecule has 0 fully saturated rings. The van der Waals surface area contributed by atoms with Gasteiger partial charge in [-0.15, -0.1) is 0 Å². The fourth-order valence-electron chi connectivity index (χ4n) is 2.09. The second-order valence-electron chi connectivity index (χ2n) is 4.45. The number of carbonyl (C=O) groups excluding carboxylic acids is 1. The van der Waals surface area contributed by atoms with Crippen LogP contribution in [-0.2, 0) is 0 Å². The SMILES string of the molecule is CC(=O)c1nc(-c2ccccc2Cl)c2ccccc2n1. The van der Waals surface area contributed by atoms with Gasteiger partial charge in [0.05, 0.1) is 11.2 Å². The van der Waals surface area contributed by atoms with E-state index in [0.29, 0.717) is 10.7 Å². The molecule has 0 atom stereocenters. The van der Waals surface area contributed by atoms with Crippen molar-refractivity contribution in [1.29, 1.82) is 0 Å². The van der Waals surface area contributed by atoms with Crippen molar-refractivity contribution in [3.05, 3.63) is 59.4 Å². The minimum atomic E-state index is -0.163. The third-order valence-corrected chi connectivity index (χ3v) is 3.38. The highest BCUT2D eigenvalue weighted by atomic mass is 35.5. The Balaban J connectivity index is 2.39. The van der Waals surface area contributed by atoms with Crippen LogP contribution in [0.5, 0.6) is 0 Å². The van der Waals surface area contributed by atoms with Crippen molar-refractivity contribution in [2.24, 2.45) is 0 Å². The molecule has 0 saturated carbocycles. The Kier molecular flexibility index (Phi) is 3.20. The zero-order chi connectivity index (χ0) is 14.1. The number of carbonyl (C=O) groups is 1. The molecule has 0 bridgehead atoms. The van der Waals surface area contributed by atoms with Crippen LogP contribution in [0.1, 0.15) is 17.5 Å². The van der Waals surface area contributed by atoms with E-state index in [2.05, 4.69) is 9.97 Å². The zero-order valence-corrected chi connectivity index (χ0v) is 11.6. The largest absolute Gasteiger partial charge is 0.291 e. The van der Waals surface area contributed by atoms with Gasteiger partial charge in [-0.1, -0.05) is 48.0 Å². The normalized spacial score (nSPS) is 10.7. The van der Waals surface area contributed by atoms with E-state index in [1.54, 1.807) is 6.07 Å². The standard InChI is InChI=1S/C16H11ClN2O/c1-10(20)16-18-14-9-5-3-7-12(14)15(19-16)11-6-2-4-8-13(11)17/h2-9H,1H3. The van der Waals surface area contributed by atoms with Gasteiger partial charge in [-0.25, -0.2) is 9.97 Å². The number of Topliss-reactive ketones (excluding diaryl/α,β-unsaturated/α-hetero) is 1. The van der Waals surface area contributed by atoms with E-state index in [-0.39, 0.29) is 11.6 Å². The molecule has 0 unspecified atom stereocenters. The third kappa shape index (κ3) is 2.17. The molecule has 0 N–H and O–H groups in total. The van der Waals surface area contributed by atoms with E-state index >= 15 is 0 Å². The predicted molar refractivity (Wildman–Crippen MR) is 80.0 cm³/mol. The van der Waals surface area contributed by atoms with Gasteiger partial charge in [0, 0.05) is 22.9 Å². The number of halogens is 1. The average Bonchev–Trinajstić information content (AvgIpc) is 2.46. The number of fused-ring (bicyclic) bond motifs is 1. The lowest BCUT2D eigenvalue weighted by molar-refractivity contribution is 0.100. The molecule has 3 aromatic rings. The Morgan fingerprint density at radius 1 is 1.00 bits per heavy atom. The van der Waals surface area contributed by atoms with Crippen molar-refractivity contribution in [3.8, 4) is 11.3 Å². The molecule has 0 amide bonds. The van der Waals surface area contributed by atoms with Crippen molar-refractivity contribution in [3.63, 3.8) is 0 Å². The van der Waals surface area contributed by atoms with Crippen molar-refractivity contribution < 1.29 is 4.79 Å². The number of hydrogen-bond donors (Lipinski definition) is 0. The van der Waals surface area contributed by atoms with Crippen molar-refractivity contribution >= 4 is 28.3 Å². The fraction of sp³-hybridized carbons (Fsp3) is 0.0625. The molecule has 0 saturated heterocycles. The Hall–Kier alpha value is -2.26. The first-order chi connectivity index (χ1) is 9.66. The molecule has 0 aliphatic rings. The molecule has 2 aromatic carbocycles. The first-order valence-corrected chi connectivity index (χ1v) is 6.57. The third-order valence-electron chi connectivity index (χ3n) is 3.05. The van der Waals surface area contributed by atoms with E-state index < -0.39 is 0 Å². The van der Waals surface area contributed by atoms with Crippen LogP contribution in [-0.4, -0.2) is 15.8 Å².